The van der Waals surface area contributed by atoms with Gasteiger partial charge in [-0.15, -0.1) is 0 Å². The average molecular weight is 365 g/mol. The molecule has 2 heterocycles. The van der Waals surface area contributed by atoms with Crippen LogP contribution in [0.2, 0.25) is 0 Å². The van der Waals surface area contributed by atoms with Gasteiger partial charge in [0.25, 0.3) is 5.91 Å². The Bertz CT molecular complexity index is 993. The summed E-state index contributed by atoms with van der Waals surface area (Å²) in [5.74, 6) is 0.242. The minimum atomic E-state index is -0.306. The highest BCUT2D eigenvalue weighted by Gasteiger charge is 2.22. The summed E-state index contributed by atoms with van der Waals surface area (Å²) >= 11 is 0. The van der Waals surface area contributed by atoms with Gasteiger partial charge < -0.3 is 10.1 Å². The first-order valence-corrected chi connectivity index (χ1v) is 8.89. The van der Waals surface area contributed by atoms with Crippen molar-refractivity contribution in [1.82, 2.24) is 15.1 Å². The molecule has 4 rings (SSSR count). The second-order valence-electron chi connectivity index (χ2n) is 6.86. The number of rotatable bonds is 5. The second-order valence-corrected chi connectivity index (χ2v) is 6.86. The van der Waals surface area contributed by atoms with Gasteiger partial charge in [-0.1, -0.05) is 12.1 Å². The molecule has 3 aromatic rings. The zero-order valence-corrected chi connectivity index (χ0v) is 15.2. The Kier molecular flexibility index (Phi) is 4.39. The lowest BCUT2D eigenvalue weighted by Crippen LogP contribution is -2.12. The van der Waals surface area contributed by atoms with Crippen molar-refractivity contribution in [1.29, 1.82) is 0 Å². The third-order valence-corrected chi connectivity index (χ3v) is 4.61. The first-order chi connectivity index (χ1) is 13.0. The van der Waals surface area contributed by atoms with Gasteiger partial charge in [-0.3, -0.25) is 9.48 Å². The van der Waals surface area contributed by atoms with E-state index in [1.807, 2.05) is 29.1 Å². The number of amides is 1. The van der Waals surface area contributed by atoms with Crippen LogP contribution in [0.5, 0.6) is 5.75 Å². The van der Waals surface area contributed by atoms with E-state index in [1.165, 1.54) is 12.1 Å². The van der Waals surface area contributed by atoms with Crippen molar-refractivity contribution in [3.8, 4) is 16.9 Å². The lowest BCUT2D eigenvalue weighted by molar-refractivity contribution is 0.0966. The number of nitrogens with one attached hydrogen (secondary N) is 1. The maximum atomic E-state index is 13.3. The number of benzene rings is 2. The Labute approximate surface area is 156 Å². The van der Waals surface area contributed by atoms with Crippen molar-refractivity contribution >= 4 is 5.91 Å². The van der Waals surface area contributed by atoms with Crippen molar-refractivity contribution in [2.24, 2.45) is 0 Å². The molecule has 6 heteroatoms. The van der Waals surface area contributed by atoms with E-state index >= 15 is 0 Å². The molecule has 1 amide bonds. The molecule has 1 aliphatic heterocycles. The largest absolute Gasteiger partial charge is 0.487 e. The molecule has 0 fully saturated rings. The van der Waals surface area contributed by atoms with E-state index in [-0.39, 0.29) is 17.8 Å². The van der Waals surface area contributed by atoms with Gasteiger partial charge in [0.05, 0.1) is 5.69 Å². The summed E-state index contributed by atoms with van der Waals surface area (Å²) in [5, 5.41) is 7.32. The maximum Gasteiger partial charge on any atom is 0.251 e. The van der Waals surface area contributed by atoms with E-state index in [1.54, 1.807) is 12.1 Å². The van der Waals surface area contributed by atoms with Crippen molar-refractivity contribution in [2.45, 2.75) is 33.0 Å². The standard InChI is InChI=1S/C21H20FN3O2/c1-13(2)25-8-7-17(24-25)12-27-20-9-15-11-23-21(26)19(15)10-18(20)14-3-5-16(22)6-4-14/h3-10,13H,11-12H2,1-2H3,(H,23,26). The topological polar surface area (TPSA) is 56.1 Å². The van der Waals surface area contributed by atoms with Crippen LogP contribution in [0.25, 0.3) is 11.1 Å². The number of aromatic nitrogens is 2. The number of hydrogen-bond donors (Lipinski definition) is 1. The first-order valence-electron chi connectivity index (χ1n) is 8.89. The Balaban J connectivity index is 1.67. The predicted octanol–water partition coefficient (Wildman–Crippen LogP) is 4.09. The predicted molar refractivity (Wildman–Crippen MR) is 100.0 cm³/mol. The summed E-state index contributed by atoms with van der Waals surface area (Å²) in [4.78, 5) is 12.0. The highest BCUT2D eigenvalue weighted by molar-refractivity contribution is 6.00. The zero-order valence-electron chi connectivity index (χ0n) is 15.2. The van der Waals surface area contributed by atoms with Crippen LogP contribution in [0.1, 0.15) is 41.5 Å². The smallest absolute Gasteiger partial charge is 0.251 e. The Morgan fingerprint density at radius 3 is 2.67 bits per heavy atom. The summed E-state index contributed by atoms with van der Waals surface area (Å²) in [5.41, 5.74) is 3.90. The van der Waals surface area contributed by atoms with E-state index < -0.39 is 0 Å². The van der Waals surface area contributed by atoms with E-state index in [2.05, 4.69) is 24.3 Å². The number of carbonyl (C=O) groups excluding carboxylic acids is 1. The van der Waals surface area contributed by atoms with Gasteiger partial charge in [-0.2, -0.15) is 5.10 Å². The Morgan fingerprint density at radius 2 is 1.96 bits per heavy atom. The lowest BCUT2D eigenvalue weighted by Gasteiger charge is -2.13. The van der Waals surface area contributed by atoms with E-state index in [0.29, 0.717) is 24.5 Å². The molecule has 0 bridgehead atoms. The van der Waals surface area contributed by atoms with Crippen molar-refractivity contribution in [3.63, 3.8) is 0 Å². The molecule has 1 aliphatic rings. The Hall–Kier alpha value is -3.15. The van der Waals surface area contributed by atoms with Crippen LogP contribution in [-0.4, -0.2) is 15.7 Å². The minimum absolute atomic E-state index is 0.101. The van der Waals surface area contributed by atoms with Crippen molar-refractivity contribution in [3.05, 3.63) is 71.3 Å². The van der Waals surface area contributed by atoms with Crippen LogP contribution < -0.4 is 10.1 Å². The molecule has 0 spiro atoms. The number of hydrogen-bond acceptors (Lipinski definition) is 3. The quantitative estimate of drug-likeness (QED) is 0.741. The van der Waals surface area contributed by atoms with Gasteiger partial charge in [-0.25, -0.2) is 4.39 Å². The van der Waals surface area contributed by atoms with E-state index in [4.69, 9.17) is 4.74 Å². The molecule has 0 saturated carbocycles. The highest BCUT2D eigenvalue weighted by Crippen LogP contribution is 2.35. The lowest BCUT2D eigenvalue weighted by atomic mass is 9.99. The molecule has 0 aliphatic carbocycles. The third kappa shape index (κ3) is 3.43. The third-order valence-electron chi connectivity index (χ3n) is 4.61. The number of fused-ring (bicyclic) bond motifs is 1. The molecule has 0 unspecified atom stereocenters. The van der Waals surface area contributed by atoms with Crippen LogP contribution in [0.15, 0.2) is 48.7 Å². The Morgan fingerprint density at radius 1 is 1.19 bits per heavy atom. The van der Waals surface area contributed by atoms with E-state index in [9.17, 15) is 9.18 Å². The van der Waals surface area contributed by atoms with Gasteiger partial charge in [-0.05, 0) is 55.3 Å². The second kappa shape index (κ2) is 6.87. The van der Waals surface area contributed by atoms with Crippen LogP contribution in [0.4, 0.5) is 4.39 Å². The molecule has 27 heavy (non-hydrogen) atoms. The number of ether oxygens (including phenoxy) is 1. The molecular formula is C21H20FN3O2. The van der Waals surface area contributed by atoms with Gasteiger partial charge in [0.2, 0.25) is 0 Å². The van der Waals surface area contributed by atoms with Crippen LogP contribution >= 0.6 is 0 Å². The van der Waals surface area contributed by atoms with Crippen molar-refractivity contribution in [2.75, 3.05) is 0 Å². The summed E-state index contributed by atoms with van der Waals surface area (Å²) in [7, 11) is 0. The van der Waals surface area contributed by atoms with E-state index in [0.717, 1.165) is 22.4 Å². The first kappa shape index (κ1) is 17.3. The van der Waals surface area contributed by atoms with Gasteiger partial charge in [0.1, 0.15) is 18.2 Å². The molecule has 0 atom stereocenters. The SMILES string of the molecule is CC(C)n1ccc(COc2cc3c(cc2-c2ccc(F)cc2)C(=O)NC3)n1. The van der Waals surface area contributed by atoms with Crippen LogP contribution in [-0.2, 0) is 13.2 Å². The monoisotopic (exact) mass is 365 g/mol. The molecule has 5 nitrogen and oxygen atoms in total. The molecule has 0 saturated heterocycles. The fourth-order valence-electron chi connectivity index (χ4n) is 3.12. The highest BCUT2D eigenvalue weighted by atomic mass is 19.1. The van der Waals surface area contributed by atoms with Gasteiger partial charge >= 0.3 is 0 Å². The molecule has 1 N–H and O–H groups in total. The molecule has 0 radical (unpaired) electrons. The molecule has 138 valence electrons. The normalized spacial score (nSPS) is 13.0. The van der Waals surface area contributed by atoms with Crippen LogP contribution in [0.3, 0.4) is 0 Å². The van der Waals surface area contributed by atoms with Gasteiger partial charge in [0.15, 0.2) is 0 Å². The molecule has 2 aromatic carbocycles. The average Bonchev–Trinajstić information content (AvgIpc) is 3.27. The fourth-order valence-corrected chi connectivity index (χ4v) is 3.12. The maximum absolute atomic E-state index is 13.3. The number of nitrogens with zero attached hydrogens (tertiary/aromatic N) is 2. The van der Waals surface area contributed by atoms with Crippen LogP contribution in [0, 0.1) is 5.82 Å². The molecule has 1 aromatic heterocycles. The fraction of sp³-hybridized carbons (Fsp3) is 0.238. The zero-order chi connectivity index (χ0) is 19.0. The van der Waals surface area contributed by atoms with Crippen molar-refractivity contribution < 1.29 is 13.9 Å². The minimum Gasteiger partial charge on any atom is -0.487 e. The summed E-state index contributed by atoms with van der Waals surface area (Å²) < 4.78 is 21.2. The summed E-state index contributed by atoms with van der Waals surface area (Å²) in [6.45, 7) is 4.92. The summed E-state index contributed by atoms with van der Waals surface area (Å²) in [6, 6.07) is 12.1. The summed E-state index contributed by atoms with van der Waals surface area (Å²) in [6.07, 6.45) is 1.93. The number of carbonyl (C=O) groups is 1. The number of halogens is 1. The molecular weight excluding hydrogens is 345 g/mol. The van der Waals surface area contributed by atoms with Gasteiger partial charge in [0, 0.05) is 29.9 Å².